The Morgan fingerprint density at radius 1 is 1.37 bits per heavy atom. The fourth-order valence-electron chi connectivity index (χ4n) is 2.75. The highest BCUT2D eigenvalue weighted by molar-refractivity contribution is 6.02. The highest BCUT2D eigenvalue weighted by Gasteiger charge is 2.35. The molecule has 5 nitrogen and oxygen atoms in total. The van der Waals surface area contributed by atoms with Crippen molar-refractivity contribution >= 4 is 11.7 Å². The third-order valence-electron chi connectivity index (χ3n) is 3.96. The van der Waals surface area contributed by atoms with Crippen molar-refractivity contribution in [2.75, 3.05) is 20.1 Å². The molecule has 2 N–H and O–H groups in total. The van der Waals surface area contributed by atoms with Crippen LogP contribution in [-0.4, -0.2) is 41.8 Å². The number of rotatable bonds is 1. The normalized spacial score (nSPS) is 22.6. The van der Waals surface area contributed by atoms with Gasteiger partial charge in [0.05, 0.1) is 0 Å². The molecule has 1 unspecified atom stereocenters. The number of hydrogen-bond donors (Lipinski definition) is 2. The van der Waals surface area contributed by atoms with Gasteiger partial charge in [-0.25, -0.2) is 5.43 Å². The molecule has 1 atom stereocenters. The molecule has 100 valence electrons. The minimum atomic E-state index is -0.338. The molecule has 0 aromatic heterocycles. The molecule has 5 heteroatoms. The summed E-state index contributed by atoms with van der Waals surface area (Å²) >= 11 is 0. The first-order valence-electron chi connectivity index (χ1n) is 6.58. The van der Waals surface area contributed by atoms with Gasteiger partial charge in [-0.15, -0.1) is 0 Å². The van der Waals surface area contributed by atoms with E-state index < -0.39 is 0 Å². The van der Waals surface area contributed by atoms with Crippen molar-refractivity contribution in [2.24, 2.45) is 5.92 Å². The Labute approximate surface area is 112 Å². The molecular formula is C14H18N4O. The number of amides is 1. The van der Waals surface area contributed by atoms with E-state index in [9.17, 15) is 4.79 Å². The van der Waals surface area contributed by atoms with Gasteiger partial charge in [-0.05, 0) is 17.5 Å². The predicted octanol–water partition coefficient (Wildman–Crippen LogP) is 0.615. The fourth-order valence-corrected chi connectivity index (χ4v) is 2.75. The highest BCUT2D eigenvalue weighted by Crippen LogP contribution is 2.21. The van der Waals surface area contributed by atoms with E-state index in [1.807, 2.05) is 17.0 Å². The van der Waals surface area contributed by atoms with Crippen LogP contribution in [0.15, 0.2) is 24.3 Å². The van der Waals surface area contributed by atoms with E-state index in [-0.39, 0.29) is 11.8 Å². The number of benzene rings is 1. The fraction of sp³-hybridized carbons (Fsp3) is 0.429. The molecule has 19 heavy (non-hydrogen) atoms. The molecule has 1 amide bonds. The quantitative estimate of drug-likeness (QED) is 0.776. The lowest BCUT2D eigenvalue weighted by molar-refractivity contribution is -0.133. The minimum Gasteiger partial charge on any atom is -0.337 e. The van der Waals surface area contributed by atoms with Crippen LogP contribution < -0.4 is 5.43 Å². The number of fused-ring (bicyclic) bond motifs is 1. The van der Waals surface area contributed by atoms with Crippen LogP contribution in [0.4, 0.5) is 0 Å². The minimum absolute atomic E-state index is 0.0661. The molecule has 0 bridgehead atoms. The summed E-state index contributed by atoms with van der Waals surface area (Å²) in [7, 11) is 1.78. The summed E-state index contributed by atoms with van der Waals surface area (Å²) in [6.45, 7) is 1.96. The average Bonchev–Trinajstić information content (AvgIpc) is 2.78. The lowest BCUT2D eigenvalue weighted by Crippen LogP contribution is -2.42. The maximum absolute atomic E-state index is 12.5. The Hall–Kier alpha value is -1.88. The highest BCUT2D eigenvalue weighted by atomic mass is 16.2. The molecule has 1 saturated heterocycles. The molecule has 0 aliphatic carbocycles. The van der Waals surface area contributed by atoms with E-state index >= 15 is 0 Å². The molecular weight excluding hydrogens is 240 g/mol. The topological polar surface area (TPSA) is 59.4 Å². The van der Waals surface area contributed by atoms with Gasteiger partial charge in [0.1, 0.15) is 11.8 Å². The van der Waals surface area contributed by atoms with Crippen molar-refractivity contribution in [3.05, 3.63) is 35.4 Å². The summed E-state index contributed by atoms with van der Waals surface area (Å²) in [5.74, 6) is 0.0930. The van der Waals surface area contributed by atoms with Crippen LogP contribution in [0.25, 0.3) is 0 Å². The zero-order valence-electron chi connectivity index (χ0n) is 11.0. The summed E-state index contributed by atoms with van der Waals surface area (Å²) < 4.78 is 0. The lowest BCUT2D eigenvalue weighted by atomic mass is 9.98. The number of hydrazine groups is 1. The third kappa shape index (κ3) is 2.10. The smallest absolute Gasteiger partial charge is 0.235 e. The molecule has 3 rings (SSSR count). The molecule has 0 spiro atoms. The van der Waals surface area contributed by atoms with Crippen molar-refractivity contribution in [2.45, 2.75) is 13.0 Å². The number of carbonyl (C=O) groups is 1. The number of nitrogens with one attached hydrogen (secondary N) is 2. The van der Waals surface area contributed by atoms with Crippen LogP contribution in [0, 0.1) is 11.3 Å². The second kappa shape index (κ2) is 4.66. The molecule has 1 aromatic rings. The summed E-state index contributed by atoms with van der Waals surface area (Å²) in [4.78, 5) is 14.4. The van der Waals surface area contributed by atoms with E-state index in [0.29, 0.717) is 18.9 Å². The molecule has 2 aliphatic heterocycles. The van der Waals surface area contributed by atoms with Gasteiger partial charge in [0.25, 0.3) is 0 Å². The van der Waals surface area contributed by atoms with E-state index in [1.54, 1.807) is 12.1 Å². The second-order valence-corrected chi connectivity index (χ2v) is 5.14. The van der Waals surface area contributed by atoms with E-state index in [4.69, 9.17) is 5.41 Å². The summed E-state index contributed by atoms with van der Waals surface area (Å²) in [6, 6.07) is 8.27. The summed E-state index contributed by atoms with van der Waals surface area (Å²) in [6.07, 6.45) is 0.908. The largest absolute Gasteiger partial charge is 0.337 e. The molecule has 0 saturated carbocycles. The summed E-state index contributed by atoms with van der Waals surface area (Å²) in [5.41, 5.74) is 5.59. The first kappa shape index (κ1) is 12.2. The van der Waals surface area contributed by atoms with Crippen molar-refractivity contribution in [3.8, 4) is 0 Å². The number of amidine groups is 1. The lowest BCUT2D eigenvalue weighted by Gasteiger charge is -2.30. The van der Waals surface area contributed by atoms with Gasteiger partial charge in [-0.1, -0.05) is 24.3 Å². The van der Waals surface area contributed by atoms with Gasteiger partial charge in [0.2, 0.25) is 5.91 Å². The van der Waals surface area contributed by atoms with Crippen molar-refractivity contribution in [1.29, 1.82) is 5.41 Å². The van der Waals surface area contributed by atoms with Gasteiger partial charge in [-0.3, -0.25) is 15.2 Å². The van der Waals surface area contributed by atoms with Gasteiger partial charge >= 0.3 is 0 Å². The third-order valence-corrected chi connectivity index (χ3v) is 3.96. The Balaban J connectivity index is 1.75. The maximum atomic E-state index is 12.5. The Morgan fingerprint density at radius 2 is 2.11 bits per heavy atom. The number of hydrogen-bond acceptors (Lipinski definition) is 3. The first-order chi connectivity index (χ1) is 9.16. The Kier molecular flexibility index (Phi) is 2.98. The van der Waals surface area contributed by atoms with Gasteiger partial charge < -0.3 is 4.90 Å². The average molecular weight is 258 g/mol. The summed E-state index contributed by atoms with van der Waals surface area (Å²) in [5, 5.41) is 9.55. The van der Waals surface area contributed by atoms with Crippen LogP contribution in [0.5, 0.6) is 0 Å². The maximum Gasteiger partial charge on any atom is 0.235 e. The van der Waals surface area contributed by atoms with Crippen LogP contribution >= 0.6 is 0 Å². The Morgan fingerprint density at radius 3 is 2.79 bits per heavy atom. The van der Waals surface area contributed by atoms with Crippen LogP contribution in [0.1, 0.15) is 11.1 Å². The van der Waals surface area contributed by atoms with Crippen LogP contribution in [0.3, 0.4) is 0 Å². The van der Waals surface area contributed by atoms with Gasteiger partial charge in [0, 0.05) is 26.7 Å². The molecule has 1 aromatic carbocycles. The molecule has 0 radical (unpaired) electrons. The predicted molar refractivity (Wildman–Crippen MR) is 72.5 cm³/mol. The standard InChI is InChI=1S/C14H18N4O/c1-17-13(15)12(8-16-17)14(19)18-7-6-10-4-2-3-5-11(10)9-18/h2-5,12,15-16H,6-9H2,1H3. The number of nitrogens with zero attached hydrogens (tertiary/aromatic N) is 2. The second-order valence-electron chi connectivity index (χ2n) is 5.14. The Bertz CT molecular complexity index is 528. The molecule has 2 aliphatic rings. The van der Waals surface area contributed by atoms with Crippen LogP contribution in [0.2, 0.25) is 0 Å². The number of carbonyl (C=O) groups excluding carboxylic acids is 1. The van der Waals surface area contributed by atoms with Crippen molar-refractivity contribution < 1.29 is 4.79 Å². The van der Waals surface area contributed by atoms with Gasteiger partial charge in [0.15, 0.2) is 0 Å². The first-order valence-corrected chi connectivity index (χ1v) is 6.58. The van der Waals surface area contributed by atoms with Gasteiger partial charge in [-0.2, -0.15) is 0 Å². The van der Waals surface area contributed by atoms with E-state index in [1.165, 1.54) is 11.1 Å². The monoisotopic (exact) mass is 258 g/mol. The van der Waals surface area contributed by atoms with Crippen LogP contribution in [-0.2, 0) is 17.8 Å². The zero-order chi connectivity index (χ0) is 13.4. The van der Waals surface area contributed by atoms with Crippen molar-refractivity contribution in [3.63, 3.8) is 0 Å². The zero-order valence-corrected chi connectivity index (χ0v) is 11.0. The van der Waals surface area contributed by atoms with E-state index in [0.717, 1.165) is 13.0 Å². The molecule has 1 fully saturated rings. The van der Waals surface area contributed by atoms with Crippen molar-refractivity contribution in [1.82, 2.24) is 15.3 Å². The SMILES string of the molecule is CN1NCC(C(=O)N2CCc3ccccc3C2)C1=N. The molecule has 2 heterocycles. The van der Waals surface area contributed by atoms with E-state index in [2.05, 4.69) is 17.6 Å².